The molecule has 0 aromatic carbocycles. The number of hydrogen-bond donors (Lipinski definition) is 1. The molecule has 0 aliphatic carbocycles. The van der Waals surface area contributed by atoms with Gasteiger partial charge in [0.05, 0.1) is 5.75 Å². The van der Waals surface area contributed by atoms with Gasteiger partial charge in [0, 0.05) is 26.2 Å². The molecular formula is C11H23N3O3S. The molecule has 1 amide bonds. The molecule has 18 heavy (non-hydrogen) atoms. The van der Waals surface area contributed by atoms with Gasteiger partial charge in [-0.05, 0) is 19.5 Å². The summed E-state index contributed by atoms with van der Waals surface area (Å²) in [4.78, 5) is 15.6. The molecule has 1 fully saturated rings. The molecule has 0 radical (unpaired) electrons. The first-order valence-corrected chi connectivity index (χ1v) is 8.03. The monoisotopic (exact) mass is 277 g/mol. The molecule has 0 bridgehead atoms. The minimum atomic E-state index is -3.34. The Labute approximate surface area is 109 Å². The number of carbonyl (C=O) groups is 1. The van der Waals surface area contributed by atoms with Gasteiger partial charge in [0.25, 0.3) is 0 Å². The summed E-state index contributed by atoms with van der Waals surface area (Å²) in [6.07, 6.45) is 0. The Bertz CT molecular complexity index is 375. The van der Waals surface area contributed by atoms with E-state index in [0.29, 0.717) is 19.6 Å². The van der Waals surface area contributed by atoms with E-state index in [1.165, 1.54) is 0 Å². The van der Waals surface area contributed by atoms with Gasteiger partial charge in [0.2, 0.25) is 5.91 Å². The normalized spacial score (nSPS) is 19.8. The average Bonchev–Trinajstić information content (AvgIpc) is 2.28. The summed E-state index contributed by atoms with van der Waals surface area (Å²) in [5.41, 5.74) is 5.40. The van der Waals surface area contributed by atoms with Crippen LogP contribution in [0.25, 0.3) is 0 Å². The molecule has 7 heteroatoms. The van der Waals surface area contributed by atoms with Gasteiger partial charge >= 0.3 is 0 Å². The maximum Gasteiger partial charge on any atom is 0.237 e. The van der Waals surface area contributed by atoms with E-state index < -0.39 is 9.84 Å². The fraction of sp³-hybridized carbons (Fsp3) is 0.909. The molecule has 6 nitrogen and oxygen atoms in total. The van der Waals surface area contributed by atoms with E-state index in [1.54, 1.807) is 11.8 Å². The van der Waals surface area contributed by atoms with Crippen molar-refractivity contribution in [1.29, 1.82) is 0 Å². The van der Waals surface area contributed by atoms with Gasteiger partial charge in [-0.2, -0.15) is 0 Å². The average molecular weight is 277 g/mol. The third-order valence-electron chi connectivity index (χ3n) is 3.14. The van der Waals surface area contributed by atoms with Crippen LogP contribution < -0.4 is 5.73 Å². The van der Waals surface area contributed by atoms with E-state index >= 15 is 0 Å². The zero-order valence-electron chi connectivity index (χ0n) is 11.1. The molecule has 1 heterocycles. The molecule has 0 spiro atoms. The highest BCUT2D eigenvalue weighted by atomic mass is 32.2. The van der Waals surface area contributed by atoms with Crippen molar-refractivity contribution < 1.29 is 13.2 Å². The number of nitrogens with two attached hydrogens (primary N) is 1. The number of nitrogens with zero attached hydrogens (tertiary/aromatic N) is 2. The third kappa shape index (κ3) is 4.91. The summed E-state index contributed by atoms with van der Waals surface area (Å²) in [6, 6.07) is 0. The van der Waals surface area contributed by atoms with E-state index in [-0.39, 0.29) is 23.3 Å². The summed E-state index contributed by atoms with van der Waals surface area (Å²) in [5, 5.41) is 0. The lowest BCUT2D eigenvalue weighted by Crippen LogP contribution is -2.49. The molecule has 1 atom stereocenters. The molecular weight excluding hydrogens is 254 g/mol. The third-order valence-corrected chi connectivity index (χ3v) is 4.90. The van der Waals surface area contributed by atoms with Gasteiger partial charge in [-0.25, -0.2) is 8.42 Å². The number of sulfone groups is 1. The molecule has 0 aromatic heterocycles. The van der Waals surface area contributed by atoms with Crippen LogP contribution in [0.2, 0.25) is 0 Å². The van der Waals surface area contributed by atoms with Gasteiger partial charge in [0.1, 0.15) is 5.75 Å². The molecule has 1 aliphatic rings. The lowest BCUT2D eigenvalue weighted by atomic mass is 10.2. The first-order chi connectivity index (χ1) is 8.34. The standard InChI is InChI=1S/C11H23N3O3S/c1-10(7-12)8-18(16,17)9-11(15)14-5-3-13(2)4-6-14/h10H,3-9,12H2,1-2H3. The van der Waals surface area contributed by atoms with Crippen LogP contribution in [0.4, 0.5) is 0 Å². The van der Waals surface area contributed by atoms with E-state index in [9.17, 15) is 13.2 Å². The maximum absolute atomic E-state index is 11.9. The summed E-state index contributed by atoms with van der Waals surface area (Å²) in [7, 11) is -1.35. The number of likely N-dealkylation sites (N-methyl/N-ethyl adjacent to an activating group) is 1. The highest BCUT2D eigenvalue weighted by molar-refractivity contribution is 7.92. The second-order valence-electron chi connectivity index (χ2n) is 5.08. The predicted molar refractivity (Wildman–Crippen MR) is 70.9 cm³/mol. The molecule has 1 saturated heterocycles. The van der Waals surface area contributed by atoms with Crippen LogP contribution in [0.1, 0.15) is 6.92 Å². The van der Waals surface area contributed by atoms with Crippen LogP contribution >= 0.6 is 0 Å². The van der Waals surface area contributed by atoms with Crippen molar-refractivity contribution in [2.45, 2.75) is 6.92 Å². The smallest absolute Gasteiger partial charge is 0.237 e. The van der Waals surface area contributed by atoms with Crippen molar-refractivity contribution in [3.63, 3.8) is 0 Å². The van der Waals surface area contributed by atoms with Crippen molar-refractivity contribution >= 4 is 15.7 Å². The van der Waals surface area contributed by atoms with Crippen LogP contribution in [0.15, 0.2) is 0 Å². The van der Waals surface area contributed by atoms with Crippen molar-refractivity contribution in [3.8, 4) is 0 Å². The second-order valence-corrected chi connectivity index (χ2v) is 7.19. The molecule has 0 aromatic rings. The zero-order chi connectivity index (χ0) is 13.8. The van der Waals surface area contributed by atoms with Gasteiger partial charge < -0.3 is 15.5 Å². The fourth-order valence-corrected chi connectivity index (χ4v) is 3.58. The van der Waals surface area contributed by atoms with Crippen LogP contribution in [0, 0.1) is 5.92 Å². The largest absolute Gasteiger partial charge is 0.339 e. The zero-order valence-corrected chi connectivity index (χ0v) is 11.9. The van der Waals surface area contributed by atoms with Gasteiger partial charge in [-0.1, -0.05) is 6.92 Å². The van der Waals surface area contributed by atoms with Gasteiger partial charge in [0.15, 0.2) is 9.84 Å². The SMILES string of the molecule is CC(CN)CS(=O)(=O)CC(=O)N1CCN(C)CC1. The Morgan fingerprint density at radius 3 is 2.33 bits per heavy atom. The highest BCUT2D eigenvalue weighted by Crippen LogP contribution is 2.05. The number of carbonyl (C=O) groups excluding carboxylic acids is 1. The minimum absolute atomic E-state index is 0.0109. The fourth-order valence-electron chi connectivity index (χ4n) is 1.90. The molecule has 1 rings (SSSR count). The molecule has 106 valence electrons. The first-order valence-electron chi connectivity index (χ1n) is 6.21. The minimum Gasteiger partial charge on any atom is -0.339 e. The molecule has 1 aliphatic heterocycles. The Balaban J connectivity index is 2.48. The van der Waals surface area contributed by atoms with Crippen molar-refractivity contribution in [1.82, 2.24) is 9.80 Å². The molecule has 1 unspecified atom stereocenters. The van der Waals surface area contributed by atoms with Gasteiger partial charge in [-0.3, -0.25) is 4.79 Å². The molecule has 2 N–H and O–H groups in total. The first kappa shape index (κ1) is 15.4. The number of rotatable bonds is 5. The number of hydrogen-bond acceptors (Lipinski definition) is 5. The quantitative estimate of drug-likeness (QED) is 0.680. The second kappa shape index (κ2) is 6.49. The van der Waals surface area contributed by atoms with Crippen LogP contribution in [0.3, 0.4) is 0 Å². The Hall–Kier alpha value is -0.660. The number of amides is 1. The summed E-state index contributed by atoms with van der Waals surface area (Å²) in [5.74, 6) is -0.785. The predicted octanol–water partition coefficient (Wildman–Crippen LogP) is -1.23. The Morgan fingerprint density at radius 1 is 1.28 bits per heavy atom. The Kier molecular flexibility index (Phi) is 5.55. The van der Waals surface area contributed by atoms with E-state index in [0.717, 1.165) is 13.1 Å². The van der Waals surface area contributed by atoms with Crippen LogP contribution in [-0.4, -0.2) is 75.4 Å². The lowest BCUT2D eigenvalue weighted by Gasteiger charge is -2.32. The lowest BCUT2D eigenvalue weighted by molar-refractivity contribution is -0.129. The topological polar surface area (TPSA) is 83.7 Å². The van der Waals surface area contributed by atoms with Crippen LogP contribution in [0.5, 0.6) is 0 Å². The van der Waals surface area contributed by atoms with E-state index in [1.807, 2.05) is 7.05 Å². The summed E-state index contributed by atoms with van der Waals surface area (Å²) >= 11 is 0. The van der Waals surface area contributed by atoms with E-state index in [2.05, 4.69) is 4.90 Å². The van der Waals surface area contributed by atoms with Crippen LogP contribution in [-0.2, 0) is 14.6 Å². The van der Waals surface area contributed by atoms with E-state index in [4.69, 9.17) is 5.73 Å². The Morgan fingerprint density at radius 2 is 1.83 bits per heavy atom. The number of piperazine rings is 1. The summed E-state index contributed by atoms with van der Waals surface area (Å²) in [6.45, 7) is 4.91. The van der Waals surface area contributed by atoms with Crippen molar-refractivity contribution in [2.24, 2.45) is 11.7 Å². The highest BCUT2D eigenvalue weighted by Gasteiger charge is 2.25. The van der Waals surface area contributed by atoms with Crippen molar-refractivity contribution in [3.05, 3.63) is 0 Å². The van der Waals surface area contributed by atoms with Crippen molar-refractivity contribution in [2.75, 3.05) is 51.3 Å². The maximum atomic E-state index is 11.9. The molecule has 0 saturated carbocycles. The summed E-state index contributed by atoms with van der Waals surface area (Å²) < 4.78 is 23.6. The van der Waals surface area contributed by atoms with Gasteiger partial charge in [-0.15, -0.1) is 0 Å².